The van der Waals surface area contributed by atoms with Gasteiger partial charge in [-0.25, -0.2) is 14.4 Å². The van der Waals surface area contributed by atoms with Crippen LogP contribution < -0.4 is 10.2 Å². The van der Waals surface area contributed by atoms with E-state index in [1.54, 1.807) is 13.8 Å². The molecule has 1 fully saturated rings. The lowest BCUT2D eigenvalue weighted by atomic mass is 10.1. The summed E-state index contributed by atoms with van der Waals surface area (Å²) in [7, 11) is 0. The zero-order valence-corrected chi connectivity index (χ0v) is 13.0. The molecule has 0 saturated carbocycles. The van der Waals surface area contributed by atoms with E-state index in [2.05, 4.69) is 0 Å². The molecule has 0 aromatic heterocycles. The van der Waals surface area contributed by atoms with Crippen molar-refractivity contribution in [1.29, 1.82) is 0 Å². The first kappa shape index (κ1) is 15.8. The molecule has 0 radical (unpaired) electrons. The van der Waals surface area contributed by atoms with Crippen LogP contribution in [0.2, 0.25) is 10.0 Å². The standard InChI is InChI=1S/C13H13Cl2N3O3/c1-7(2)18(10-4-8(14)3-9(15)5-10)11(19)6-17(12(16)20)13(18)21/h3-5,7H,6H2,1-2H3,(H-,16,20)/p+1. The number of nitrogens with zero attached hydrogens (tertiary/aromatic N) is 2. The molecule has 0 spiro atoms. The maximum absolute atomic E-state index is 12.6. The molecule has 0 bridgehead atoms. The molecule has 1 aliphatic heterocycles. The molecule has 0 aliphatic carbocycles. The molecule has 1 aromatic carbocycles. The Morgan fingerprint density at radius 2 is 1.76 bits per heavy atom. The number of primary amides is 1. The summed E-state index contributed by atoms with van der Waals surface area (Å²) in [6, 6.07) is 2.40. The fourth-order valence-corrected chi connectivity index (χ4v) is 3.10. The number of carbonyl (C=O) groups excluding carboxylic acids is 3. The number of hydrogen-bond acceptors (Lipinski definition) is 3. The first-order valence-corrected chi connectivity index (χ1v) is 6.97. The van der Waals surface area contributed by atoms with Crippen molar-refractivity contribution in [1.82, 2.24) is 9.38 Å². The summed E-state index contributed by atoms with van der Waals surface area (Å²) < 4.78 is -0.663. The van der Waals surface area contributed by atoms with Crippen LogP contribution in [0.3, 0.4) is 0 Å². The van der Waals surface area contributed by atoms with E-state index in [4.69, 9.17) is 28.9 Å². The highest BCUT2D eigenvalue weighted by atomic mass is 35.5. The predicted octanol–water partition coefficient (Wildman–Crippen LogP) is 2.75. The molecule has 2 rings (SSSR count). The van der Waals surface area contributed by atoms with Gasteiger partial charge in [0.2, 0.25) is 0 Å². The number of nitrogens with two attached hydrogens (primary N) is 1. The van der Waals surface area contributed by atoms with Crippen LogP contribution in [0, 0.1) is 0 Å². The van der Waals surface area contributed by atoms with E-state index in [-0.39, 0.29) is 6.54 Å². The smallest absolute Gasteiger partial charge is 0.351 e. The molecule has 1 heterocycles. The van der Waals surface area contributed by atoms with Crippen molar-refractivity contribution in [3.8, 4) is 0 Å². The number of imide groups is 2. The van der Waals surface area contributed by atoms with Crippen LogP contribution in [0.1, 0.15) is 13.8 Å². The van der Waals surface area contributed by atoms with Gasteiger partial charge in [0.05, 0.1) is 0 Å². The van der Waals surface area contributed by atoms with E-state index in [0.29, 0.717) is 15.7 Å². The van der Waals surface area contributed by atoms with Crippen LogP contribution in [0.25, 0.3) is 0 Å². The second-order valence-corrected chi connectivity index (χ2v) is 5.92. The predicted molar refractivity (Wildman–Crippen MR) is 80.1 cm³/mol. The molecule has 5 amide bonds. The molecule has 1 unspecified atom stereocenters. The van der Waals surface area contributed by atoms with E-state index in [1.807, 2.05) is 0 Å². The van der Waals surface area contributed by atoms with Crippen LogP contribution in [0.4, 0.5) is 15.3 Å². The first-order valence-electron chi connectivity index (χ1n) is 6.21. The Kier molecular flexibility index (Phi) is 3.97. The van der Waals surface area contributed by atoms with E-state index in [0.717, 1.165) is 4.90 Å². The van der Waals surface area contributed by atoms with E-state index in [9.17, 15) is 14.4 Å². The van der Waals surface area contributed by atoms with Crippen molar-refractivity contribution in [3.05, 3.63) is 28.2 Å². The van der Waals surface area contributed by atoms with Crippen LogP contribution >= 0.6 is 23.2 Å². The van der Waals surface area contributed by atoms with E-state index < -0.39 is 28.5 Å². The molecule has 1 atom stereocenters. The van der Waals surface area contributed by atoms with Crippen molar-refractivity contribution < 1.29 is 14.4 Å². The molecule has 6 nitrogen and oxygen atoms in total. The number of benzene rings is 1. The van der Waals surface area contributed by atoms with Crippen molar-refractivity contribution in [3.63, 3.8) is 0 Å². The van der Waals surface area contributed by atoms with Crippen LogP contribution in [-0.2, 0) is 4.79 Å². The molecule has 21 heavy (non-hydrogen) atoms. The molecule has 2 N–H and O–H groups in total. The largest absolute Gasteiger partial charge is 0.440 e. The lowest BCUT2D eigenvalue weighted by Gasteiger charge is -2.31. The summed E-state index contributed by atoms with van der Waals surface area (Å²) in [6.45, 7) is 3.04. The molecular formula is C13H14Cl2N3O3+. The van der Waals surface area contributed by atoms with Crippen LogP contribution in [0.15, 0.2) is 18.2 Å². The van der Waals surface area contributed by atoms with Crippen molar-refractivity contribution >= 4 is 46.9 Å². The fourth-order valence-electron chi connectivity index (χ4n) is 2.59. The summed E-state index contributed by atoms with van der Waals surface area (Å²) in [6.07, 6.45) is 0. The Hall–Kier alpha value is -1.63. The van der Waals surface area contributed by atoms with Crippen LogP contribution in [0.5, 0.6) is 0 Å². The number of hydrogen-bond donors (Lipinski definition) is 1. The van der Waals surface area contributed by atoms with E-state index in [1.165, 1.54) is 18.2 Å². The number of rotatable bonds is 2. The van der Waals surface area contributed by atoms with Gasteiger partial charge in [-0.15, -0.1) is 4.48 Å². The third kappa shape index (κ3) is 2.29. The average molecular weight is 331 g/mol. The van der Waals surface area contributed by atoms with Crippen molar-refractivity contribution in [2.75, 3.05) is 6.54 Å². The molecular weight excluding hydrogens is 317 g/mol. The minimum absolute atomic E-state index is 0.300. The zero-order valence-electron chi connectivity index (χ0n) is 11.5. The van der Waals surface area contributed by atoms with Gasteiger partial charge in [-0.05, 0) is 19.9 Å². The maximum atomic E-state index is 12.6. The molecule has 8 heteroatoms. The second kappa shape index (κ2) is 5.29. The average Bonchev–Trinajstić information content (AvgIpc) is 2.60. The molecule has 1 saturated heterocycles. The summed E-state index contributed by atoms with van der Waals surface area (Å²) >= 11 is 11.9. The number of quaternary nitrogens is 1. The van der Waals surface area contributed by atoms with E-state index >= 15 is 0 Å². The number of urea groups is 2. The zero-order chi connectivity index (χ0) is 15.9. The minimum atomic E-state index is -0.956. The van der Waals surface area contributed by atoms with Gasteiger partial charge in [0.25, 0.3) is 0 Å². The highest BCUT2D eigenvalue weighted by Gasteiger charge is 2.60. The first-order chi connectivity index (χ1) is 9.71. The van der Waals surface area contributed by atoms with Gasteiger partial charge in [0.1, 0.15) is 6.04 Å². The van der Waals surface area contributed by atoms with Gasteiger partial charge in [-0.2, -0.15) is 4.90 Å². The Labute approximate surface area is 131 Å². The molecule has 1 aromatic rings. The SMILES string of the molecule is CC(C)[N+]1(c2cc(Cl)cc(Cl)c2)C(=O)CN(C(N)=O)C1=O. The van der Waals surface area contributed by atoms with Gasteiger partial charge < -0.3 is 5.73 Å². The third-order valence-electron chi connectivity index (χ3n) is 3.51. The van der Waals surface area contributed by atoms with Crippen LogP contribution in [-0.4, -0.2) is 35.5 Å². The normalized spacial score (nSPS) is 22.2. The summed E-state index contributed by atoms with van der Waals surface area (Å²) in [5, 5.41) is 0.600. The summed E-state index contributed by atoms with van der Waals surface area (Å²) in [5.74, 6) is -0.452. The maximum Gasteiger partial charge on any atom is 0.440 e. The Morgan fingerprint density at radius 1 is 1.24 bits per heavy atom. The lowest BCUT2D eigenvalue weighted by Crippen LogP contribution is -2.60. The Morgan fingerprint density at radius 3 is 2.14 bits per heavy atom. The molecule has 112 valence electrons. The van der Waals surface area contributed by atoms with Crippen molar-refractivity contribution in [2.45, 2.75) is 19.9 Å². The third-order valence-corrected chi connectivity index (χ3v) is 3.95. The highest BCUT2D eigenvalue weighted by Crippen LogP contribution is 2.37. The quantitative estimate of drug-likeness (QED) is 0.668. The van der Waals surface area contributed by atoms with Gasteiger partial charge >= 0.3 is 18.0 Å². The van der Waals surface area contributed by atoms with Crippen molar-refractivity contribution in [2.24, 2.45) is 5.73 Å². The van der Waals surface area contributed by atoms with Gasteiger partial charge in [0, 0.05) is 22.2 Å². The Bertz CT molecular complexity index is 627. The highest BCUT2D eigenvalue weighted by molar-refractivity contribution is 6.35. The topological polar surface area (TPSA) is 80.5 Å². The summed E-state index contributed by atoms with van der Waals surface area (Å²) in [5.41, 5.74) is 5.48. The number of amides is 5. The summed E-state index contributed by atoms with van der Waals surface area (Å²) in [4.78, 5) is 37.2. The monoisotopic (exact) mass is 330 g/mol. The number of carbonyl (C=O) groups is 3. The molecule has 1 aliphatic rings. The van der Waals surface area contributed by atoms with Gasteiger partial charge in [0.15, 0.2) is 12.2 Å². The second-order valence-electron chi connectivity index (χ2n) is 5.04. The fraction of sp³-hybridized carbons (Fsp3) is 0.308. The minimum Gasteiger partial charge on any atom is -0.351 e. The van der Waals surface area contributed by atoms with Gasteiger partial charge in [-0.1, -0.05) is 23.2 Å². The number of halogens is 2. The van der Waals surface area contributed by atoms with Gasteiger partial charge in [-0.3, -0.25) is 0 Å². The lowest BCUT2D eigenvalue weighted by molar-refractivity contribution is -0.125. The Balaban J connectivity index is 2.69.